The molecule has 0 radical (unpaired) electrons. The summed E-state index contributed by atoms with van der Waals surface area (Å²) in [7, 11) is 0. The van der Waals surface area contributed by atoms with Gasteiger partial charge in [0.05, 0.1) is 23.2 Å². The lowest BCUT2D eigenvalue weighted by atomic mass is 9.70. The van der Waals surface area contributed by atoms with Gasteiger partial charge in [0, 0.05) is 24.0 Å². The Balaban J connectivity index is 1.47. The molecule has 0 aromatic heterocycles. The van der Waals surface area contributed by atoms with E-state index in [1.165, 1.54) is 0 Å². The number of allylic oxidation sites excluding steroid dienone is 4. The van der Waals surface area contributed by atoms with Crippen molar-refractivity contribution in [2.45, 2.75) is 53.0 Å². The van der Waals surface area contributed by atoms with Crippen molar-refractivity contribution in [1.29, 1.82) is 0 Å². The van der Waals surface area contributed by atoms with Crippen LogP contribution in [0, 0.1) is 25.7 Å². The van der Waals surface area contributed by atoms with Gasteiger partial charge in [-0.1, -0.05) is 50.2 Å². The maximum Gasteiger partial charge on any atom is 0.175 e. The molecule has 0 aliphatic heterocycles. The number of ether oxygens (including phenoxy) is 2. The highest BCUT2D eigenvalue weighted by Crippen LogP contribution is 2.43. The molecule has 0 fully saturated rings. The summed E-state index contributed by atoms with van der Waals surface area (Å²) in [5.41, 5.74) is 3.56. The van der Waals surface area contributed by atoms with Crippen molar-refractivity contribution in [2.75, 3.05) is 10.6 Å². The third kappa shape index (κ3) is 5.70. The summed E-state index contributed by atoms with van der Waals surface area (Å²) in [6.45, 7) is 7.63. The Morgan fingerprint density at radius 1 is 0.690 bits per heavy atom. The van der Waals surface area contributed by atoms with Crippen LogP contribution in [0.5, 0.6) is 11.5 Å². The molecule has 0 amide bonds. The number of Topliss-reactive ketones (excluding diaryl/α,β-unsaturated/α-hetero) is 2. The minimum atomic E-state index is -0.917. The molecule has 4 atom stereocenters. The van der Waals surface area contributed by atoms with Crippen LogP contribution in [0.4, 0.5) is 11.4 Å². The van der Waals surface area contributed by atoms with E-state index in [-0.39, 0.29) is 23.1 Å². The molecule has 0 heterocycles. The Labute approximate surface area is 245 Å². The highest BCUT2D eigenvalue weighted by atomic mass is 16.5. The lowest BCUT2D eigenvalue weighted by Crippen LogP contribution is -2.43. The van der Waals surface area contributed by atoms with Gasteiger partial charge in [0.1, 0.15) is 23.0 Å². The van der Waals surface area contributed by atoms with E-state index in [9.17, 15) is 19.8 Å². The van der Waals surface area contributed by atoms with E-state index in [0.717, 1.165) is 11.1 Å². The zero-order chi connectivity index (χ0) is 30.0. The number of phenols is 2. The van der Waals surface area contributed by atoms with Crippen LogP contribution in [0.1, 0.15) is 58.5 Å². The van der Waals surface area contributed by atoms with Crippen molar-refractivity contribution in [3.8, 4) is 11.5 Å². The van der Waals surface area contributed by atoms with Crippen molar-refractivity contribution in [2.24, 2.45) is 11.8 Å². The first-order valence-electron chi connectivity index (χ1n) is 14.2. The van der Waals surface area contributed by atoms with Crippen molar-refractivity contribution in [3.63, 3.8) is 0 Å². The summed E-state index contributed by atoms with van der Waals surface area (Å²) >= 11 is 0. The summed E-state index contributed by atoms with van der Waals surface area (Å²) in [4.78, 5) is 27.9. The normalized spacial score (nSPS) is 19.0. The van der Waals surface area contributed by atoms with Gasteiger partial charge in [-0.25, -0.2) is 0 Å². The highest BCUT2D eigenvalue weighted by molar-refractivity contribution is 6.17. The lowest BCUT2D eigenvalue weighted by Gasteiger charge is -2.37. The number of carbonyl (C=O) groups is 2. The Kier molecular flexibility index (Phi) is 8.24. The van der Waals surface area contributed by atoms with Crippen LogP contribution >= 0.6 is 0 Å². The van der Waals surface area contributed by atoms with Gasteiger partial charge >= 0.3 is 0 Å². The predicted molar refractivity (Wildman–Crippen MR) is 162 cm³/mol. The fourth-order valence-corrected chi connectivity index (χ4v) is 5.37. The number of ketones is 2. The zero-order valence-corrected chi connectivity index (χ0v) is 24.2. The van der Waals surface area contributed by atoms with Crippen molar-refractivity contribution in [3.05, 3.63) is 107 Å². The van der Waals surface area contributed by atoms with Gasteiger partial charge in [-0.3, -0.25) is 9.59 Å². The molecule has 2 aliphatic carbocycles. The number of rotatable bonds is 10. The van der Waals surface area contributed by atoms with E-state index >= 15 is 0 Å². The number of carbonyl (C=O) groups excluding carboxylic acids is 2. The number of phenolic OH excluding ortho intramolecular Hbond substituents is 2. The number of hydrogen-bond donors (Lipinski definition) is 4. The Morgan fingerprint density at radius 3 is 1.45 bits per heavy atom. The molecule has 0 saturated heterocycles. The predicted octanol–water partition coefficient (Wildman–Crippen LogP) is 6.84. The van der Waals surface area contributed by atoms with Gasteiger partial charge in [0.25, 0.3) is 0 Å². The van der Waals surface area contributed by atoms with Gasteiger partial charge in [-0.15, -0.1) is 0 Å². The number of aryl methyl sites for hydroxylation is 2. The van der Waals surface area contributed by atoms with E-state index < -0.39 is 24.3 Å². The molecule has 8 nitrogen and oxygen atoms in total. The van der Waals surface area contributed by atoms with E-state index in [2.05, 4.69) is 10.6 Å². The highest BCUT2D eigenvalue weighted by Gasteiger charge is 2.48. The van der Waals surface area contributed by atoms with Gasteiger partial charge in [0.15, 0.2) is 24.0 Å². The number of benzene rings is 3. The first kappa shape index (κ1) is 28.8. The standard InChI is InChI=1S/C34H36N2O6/c1-5-29(35-23-13-11-19(3)17-25(23)37)41-27-15-16-28(42-30(6-2)36-24-14-12-20(4)18-26(24)38)32-31(27)33(39)21-9-7-8-10-22(21)34(32)40/h7-18,29-32,35-38H,5-6H2,1-4H3. The van der Waals surface area contributed by atoms with E-state index in [1.54, 1.807) is 60.7 Å². The molecule has 5 rings (SSSR count). The number of fused-ring (bicyclic) bond motifs is 2. The fourth-order valence-electron chi connectivity index (χ4n) is 5.37. The smallest absolute Gasteiger partial charge is 0.175 e. The van der Waals surface area contributed by atoms with Crippen molar-refractivity contribution in [1.82, 2.24) is 0 Å². The summed E-state index contributed by atoms with van der Waals surface area (Å²) < 4.78 is 12.7. The lowest BCUT2D eigenvalue weighted by molar-refractivity contribution is 0.0447. The average molecular weight is 569 g/mol. The summed E-state index contributed by atoms with van der Waals surface area (Å²) in [6, 6.07) is 17.4. The molecule has 218 valence electrons. The van der Waals surface area contributed by atoms with E-state index in [0.29, 0.717) is 46.9 Å². The van der Waals surface area contributed by atoms with Crippen LogP contribution in [-0.4, -0.2) is 34.2 Å². The molecule has 2 aliphatic rings. The van der Waals surface area contributed by atoms with Gasteiger partial charge in [-0.2, -0.15) is 0 Å². The van der Waals surface area contributed by atoms with E-state index in [4.69, 9.17) is 9.47 Å². The number of anilines is 2. The van der Waals surface area contributed by atoms with Gasteiger partial charge in [0.2, 0.25) is 0 Å². The molecule has 8 heteroatoms. The minimum Gasteiger partial charge on any atom is -0.506 e. The molecule has 4 unspecified atom stereocenters. The number of hydrogen-bond acceptors (Lipinski definition) is 8. The van der Waals surface area contributed by atoms with Crippen LogP contribution < -0.4 is 10.6 Å². The maximum atomic E-state index is 13.9. The molecule has 0 spiro atoms. The third-order valence-corrected chi connectivity index (χ3v) is 7.62. The van der Waals surface area contributed by atoms with Crippen LogP contribution in [-0.2, 0) is 9.47 Å². The van der Waals surface area contributed by atoms with Crippen molar-refractivity contribution >= 4 is 22.9 Å². The summed E-state index contributed by atoms with van der Waals surface area (Å²) in [5, 5.41) is 27.2. The average Bonchev–Trinajstić information content (AvgIpc) is 2.98. The molecule has 3 aromatic carbocycles. The van der Waals surface area contributed by atoms with Crippen LogP contribution in [0.2, 0.25) is 0 Å². The van der Waals surface area contributed by atoms with Crippen LogP contribution in [0.25, 0.3) is 0 Å². The second kappa shape index (κ2) is 12.0. The molecular weight excluding hydrogens is 532 g/mol. The monoisotopic (exact) mass is 568 g/mol. The van der Waals surface area contributed by atoms with Gasteiger partial charge in [-0.05, 0) is 61.4 Å². The number of aromatic hydroxyl groups is 2. The summed E-state index contributed by atoms with van der Waals surface area (Å²) in [6.07, 6.45) is 3.27. The molecule has 3 aromatic rings. The second-order valence-corrected chi connectivity index (χ2v) is 10.7. The molecule has 42 heavy (non-hydrogen) atoms. The molecule has 4 N–H and O–H groups in total. The van der Waals surface area contributed by atoms with Crippen LogP contribution in [0.15, 0.2) is 84.3 Å². The molecule has 0 saturated carbocycles. The maximum absolute atomic E-state index is 13.9. The Bertz CT molecular complexity index is 1460. The SMILES string of the molecule is CCC(Nc1ccc(C)cc1O)OC1=CC=C(OC(CC)Nc2ccc(C)cc2O)C2C(=O)c3ccccc3C(=O)C12. The zero-order valence-electron chi connectivity index (χ0n) is 24.2. The first-order valence-corrected chi connectivity index (χ1v) is 14.2. The Hall–Kier alpha value is -4.72. The largest absolute Gasteiger partial charge is 0.506 e. The summed E-state index contributed by atoms with van der Waals surface area (Å²) in [5.74, 6) is -1.38. The van der Waals surface area contributed by atoms with Gasteiger partial charge < -0.3 is 30.3 Å². The third-order valence-electron chi connectivity index (χ3n) is 7.62. The minimum absolute atomic E-state index is 0.0960. The quantitative estimate of drug-likeness (QED) is 0.155. The first-order chi connectivity index (χ1) is 20.2. The number of nitrogens with one attached hydrogen (secondary N) is 2. The van der Waals surface area contributed by atoms with E-state index in [1.807, 2.05) is 39.8 Å². The fraction of sp³-hybridized carbons (Fsp3) is 0.294. The Morgan fingerprint density at radius 2 is 1.10 bits per heavy atom. The van der Waals surface area contributed by atoms with Crippen molar-refractivity contribution < 1.29 is 29.3 Å². The molecule has 0 bridgehead atoms. The second-order valence-electron chi connectivity index (χ2n) is 10.7. The molecular formula is C34H36N2O6. The topological polar surface area (TPSA) is 117 Å². The van der Waals surface area contributed by atoms with Crippen LogP contribution in [0.3, 0.4) is 0 Å².